The summed E-state index contributed by atoms with van der Waals surface area (Å²) >= 11 is 6.79. The third-order valence-corrected chi connectivity index (χ3v) is 7.25. The van der Waals surface area contributed by atoms with Crippen molar-refractivity contribution in [2.75, 3.05) is 6.54 Å². The van der Waals surface area contributed by atoms with Crippen LogP contribution < -0.4 is 0 Å². The van der Waals surface area contributed by atoms with Crippen molar-refractivity contribution in [3.05, 3.63) is 112 Å². The molecular formula is C30H34ClN3. The third-order valence-electron chi connectivity index (χ3n) is 6.94. The summed E-state index contributed by atoms with van der Waals surface area (Å²) in [5.74, 6) is 0.929. The molecule has 1 saturated heterocycles. The number of aryl methyl sites for hydroxylation is 3. The summed E-state index contributed by atoms with van der Waals surface area (Å²) in [7, 11) is 2.08. The maximum absolute atomic E-state index is 6.79. The van der Waals surface area contributed by atoms with Gasteiger partial charge >= 0.3 is 0 Å². The molecule has 0 N–H and O–H groups in total. The zero-order valence-corrected chi connectivity index (χ0v) is 21.7. The smallest absolute Gasteiger partial charge is 0.152 e. The minimum absolute atomic E-state index is 0.153. The lowest BCUT2D eigenvalue weighted by molar-refractivity contribution is 0.197. The van der Waals surface area contributed by atoms with Gasteiger partial charge in [0.25, 0.3) is 0 Å². The van der Waals surface area contributed by atoms with Crippen LogP contribution in [0.25, 0.3) is 11.4 Å². The van der Waals surface area contributed by atoms with Crippen molar-refractivity contribution in [3.8, 4) is 11.4 Å². The maximum Gasteiger partial charge on any atom is 0.152 e. The fraction of sp³-hybridized carbons (Fsp3) is 0.300. The number of hydrogen-bond acceptors (Lipinski definition) is 2. The van der Waals surface area contributed by atoms with Crippen LogP contribution in [-0.4, -0.2) is 21.0 Å². The van der Waals surface area contributed by atoms with Gasteiger partial charge in [0.2, 0.25) is 0 Å². The van der Waals surface area contributed by atoms with Crippen molar-refractivity contribution < 1.29 is 0 Å². The first-order valence-electron chi connectivity index (χ1n) is 11.9. The fourth-order valence-corrected chi connectivity index (χ4v) is 5.40. The second kappa shape index (κ2) is 10.2. The molecule has 4 heteroatoms. The summed E-state index contributed by atoms with van der Waals surface area (Å²) in [6, 6.07) is 15.4. The molecule has 0 spiro atoms. The Bertz CT molecular complexity index is 1240. The molecule has 176 valence electrons. The van der Waals surface area contributed by atoms with E-state index in [1.54, 1.807) is 0 Å². The molecule has 2 heterocycles. The zero-order chi connectivity index (χ0) is 24.4. The minimum atomic E-state index is 0.153. The number of imidazole rings is 1. The van der Waals surface area contributed by atoms with Gasteiger partial charge in [-0.1, -0.05) is 84.4 Å². The van der Waals surface area contributed by atoms with E-state index in [4.69, 9.17) is 16.6 Å². The Labute approximate surface area is 209 Å². The van der Waals surface area contributed by atoms with Crippen molar-refractivity contribution in [1.29, 1.82) is 0 Å². The van der Waals surface area contributed by atoms with E-state index in [0.29, 0.717) is 5.15 Å². The minimum Gasteiger partial charge on any atom is -0.329 e. The second-order valence-corrected chi connectivity index (χ2v) is 9.56. The second-order valence-electron chi connectivity index (χ2n) is 9.20. The number of allylic oxidation sites excluding steroid dienone is 3. The molecule has 1 atom stereocenters. The number of likely N-dealkylation sites (tertiary alicyclic amines) is 1. The van der Waals surface area contributed by atoms with Gasteiger partial charge in [-0.2, -0.15) is 0 Å². The van der Waals surface area contributed by atoms with Gasteiger partial charge < -0.3 is 4.57 Å². The maximum atomic E-state index is 6.79. The predicted octanol–water partition coefficient (Wildman–Crippen LogP) is 7.67. The Hall–Kier alpha value is -2.88. The molecule has 1 aliphatic rings. The zero-order valence-electron chi connectivity index (χ0n) is 20.9. The normalized spacial score (nSPS) is 19.2. The molecule has 1 aliphatic heterocycles. The molecule has 0 bridgehead atoms. The van der Waals surface area contributed by atoms with Crippen LogP contribution in [0.3, 0.4) is 0 Å². The van der Waals surface area contributed by atoms with E-state index < -0.39 is 0 Å². The van der Waals surface area contributed by atoms with Crippen LogP contribution in [0, 0.1) is 20.8 Å². The molecule has 2 aromatic carbocycles. The van der Waals surface area contributed by atoms with Gasteiger partial charge in [0.15, 0.2) is 5.15 Å². The number of benzene rings is 2. The van der Waals surface area contributed by atoms with Gasteiger partial charge in [-0.05, 0) is 62.0 Å². The highest BCUT2D eigenvalue weighted by molar-refractivity contribution is 6.30. The molecular weight excluding hydrogens is 438 g/mol. The highest BCUT2D eigenvalue weighted by Crippen LogP contribution is 2.41. The van der Waals surface area contributed by atoms with Crippen LogP contribution in [0.5, 0.6) is 0 Å². The van der Waals surface area contributed by atoms with Crippen molar-refractivity contribution in [3.63, 3.8) is 0 Å². The van der Waals surface area contributed by atoms with Gasteiger partial charge in [-0.3, -0.25) is 4.90 Å². The van der Waals surface area contributed by atoms with Crippen LogP contribution >= 0.6 is 11.6 Å². The van der Waals surface area contributed by atoms with Crippen LogP contribution in [0.2, 0.25) is 5.15 Å². The number of hydrogen-bond donors (Lipinski definition) is 0. The van der Waals surface area contributed by atoms with Gasteiger partial charge in [0, 0.05) is 25.7 Å². The molecule has 1 fully saturated rings. The van der Waals surface area contributed by atoms with Crippen LogP contribution in [-0.2, 0) is 13.6 Å². The van der Waals surface area contributed by atoms with E-state index in [2.05, 4.69) is 105 Å². The summed E-state index contributed by atoms with van der Waals surface area (Å²) in [6.45, 7) is 14.1. The van der Waals surface area contributed by atoms with E-state index in [1.165, 1.54) is 33.4 Å². The Morgan fingerprint density at radius 1 is 1.09 bits per heavy atom. The highest BCUT2D eigenvalue weighted by Gasteiger charge is 2.32. The lowest BCUT2D eigenvalue weighted by Crippen LogP contribution is -2.36. The number of aromatic nitrogens is 2. The molecule has 4 rings (SSSR count). The van der Waals surface area contributed by atoms with Crippen LogP contribution in [0.1, 0.15) is 47.3 Å². The summed E-state index contributed by atoms with van der Waals surface area (Å²) in [4.78, 5) is 7.35. The predicted molar refractivity (Wildman–Crippen MR) is 144 cm³/mol. The molecule has 3 nitrogen and oxygen atoms in total. The lowest BCUT2D eigenvalue weighted by atomic mass is 9.85. The first-order chi connectivity index (χ1) is 16.3. The average Bonchev–Trinajstić information content (AvgIpc) is 3.08. The molecule has 1 aromatic heterocycles. The van der Waals surface area contributed by atoms with Crippen molar-refractivity contribution in [2.24, 2.45) is 7.05 Å². The molecule has 0 saturated carbocycles. The van der Waals surface area contributed by atoms with Crippen molar-refractivity contribution in [2.45, 2.75) is 46.7 Å². The average molecular weight is 472 g/mol. The number of nitrogens with zero attached hydrogens (tertiary/aromatic N) is 3. The standard InChI is InChI=1S/C30H34ClN3/c1-7-10-23-17-18-34(28(25(23)8-2)24-15-13-20(3)14-16-24)19-26-29(31)32-30(33(26)6)27-21(4)11-9-12-22(27)5/h7-16,28H,1,17-19H2,2-6H3/b23-10-,25-8+. The summed E-state index contributed by atoms with van der Waals surface area (Å²) in [6.07, 6.45) is 7.28. The van der Waals surface area contributed by atoms with E-state index in [0.717, 1.165) is 36.6 Å². The number of rotatable bonds is 5. The molecule has 0 aliphatic carbocycles. The van der Waals surface area contributed by atoms with E-state index in [1.807, 2.05) is 6.08 Å². The Balaban J connectivity index is 1.77. The Morgan fingerprint density at radius 2 is 1.76 bits per heavy atom. The fourth-order valence-electron chi connectivity index (χ4n) is 5.14. The van der Waals surface area contributed by atoms with Gasteiger partial charge in [0.1, 0.15) is 5.82 Å². The highest BCUT2D eigenvalue weighted by atomic mass is 35.5. The van der Waals surface area contributed by atoms with Gasteiger partial charge in [-0.15, -0.1) is 0 Å². The van der Waals surface area contributed by atoms with E-state index in [-0.39, 0.29) is 6.04 Å². The molecule has 1 unspecified atom stereocenters. The van der Waals surface area contributed by atoms with E-state index in [9.17, 15) is 0 Å². The molecule has 0 radical (unpaired) electrons. The molecule has 34 heavy (non-hydrogen) atoms. The number of halogens is 1. The topological polar surface area (TPSA) is 21.1 Å². The van der Waals surface area contributed by atoms with E-state index >= 15 is 0 Å². The number of piperidine rings is 1. The van der Waals surface area contributed by atoms with Crippen molar-refractivity contribution >= 4 is 11.6 Å². The Morgan fingerprint density at radius 3 is 2.38 bits per heavy atom. The first-order valence-corrected chi connectivity index (χ1v) is 12.3. The molecule has 0 amide bonds. The largest absolute Gasteiger partial charge is 0.329 e. The molecule has 3 aromatic rings. The van der Waals surface area contributed by atoms with Gasteiger partial charge in [0.05, 0.1) is 11.7 Å². The monoisotopic (exact) mass is 471 g/mol. The summed E-state index contributed by atoms with van der Waals surface area (Å²) in [5, 5.41) is 0.581. The lowest BCUT2D eigenvalue weighted by Gasteiger charge is -2.39. The van der Waals surface area contributed by atoms with Crippen LogP contribution in [0.4, 0.5) is 0 Å². The summed E-state index contributed by atoms with van der Waals surface area (Å²) in [5.41, 5.74) is 9.88. The Kier molecular flexibility index (Phi) is 7.25. The van der Waals surface area contributed by atoms with Crippen molar-refractivity contribution in [1.82, 2.24) is 14.5 Å². The first kappa shape index (κ1) is 24.3. The SMILES string of the molecule is C=C/C=C1/CCN(Cc2c(Cl)nc(-c3c(C)cccc3C)n2C)C(c2ccc(C)cc2)/C1=C/C. The summed E-state index contributed by atoms with van der Waals surface area (Å²) < 4.78 is 2.17. The van der Waals surface area contributed by atoms with Crippen LogP contribution in [0.15, 0.2) is 78.4 Å². The quantitative estimate of drug-likeness (QED) is 0.380. The van der Waals surface area contributed by atoms with Gasteiger partial charge in [-0.25, -0.2) is 4.98 Å². The third kappa shape index (κ3) is 4.55.